The van der Waals surface area contributed by atoms with Gasteiger partial charge in [-0.1, -0.05) is 88.3 Å². The first-order valence-electron chi connectivity index (χ1n) is 12.9. The van der Waals surface area contributed by atoms with Crippen molar-refractivity contribution < 1.29 is 19.1 Å². The Labute approximate surface area is 266 Å². The molecule has 0 unspecified atom stereocenters. The van der Waals surface area contributed by atoms with E-state index < -0.39 is 18.2 Å². The number of urea groups is 1. The van der Waals surface area contributed by atoms with Crippen molar-refractivity contribution in [3.05, 3.63) is 99.9 Å². The molecule has 42 heavy (non-hydrogen) atoms. The van der Waals surface area contributed by atoms with Crippen LogP contribution in [0.3, 0.4) is 0 Å². The number of benzene rings is 3. The van der Waals surface area contributed by atoms with Crippen LogP contribution in [0.5, 0.6) is 0 Å². The highest BCUT2D eigenvalue weighted by Gasteiger charge is 2.22. The smallest absolute Gasteiger partial charge is 0.411 e. The van der Waals surface area contributed by atoms with Gasteiger partial charge >= 0.3 is 12.1 Å². The van der Waals surface area contributed by atoms with E-state index in [9.17, 15) is 9.59 Å². The van der Waals surface area contributed by atoms with E-state index in [4.69, 9.17) is 43.4 Å². The number of amides is 3. The summed E-state index contributed by atoms with van der Waals surface area (Å²) in [6.45, 7) is 0.678. The minimum absolute atomic E-state index is 0.156. The summed E-state index contributed by atoms with van der Waals surface area (Å²) in [5, 5.41) is 9.33. The quantitative estimate of drug-likeness (QED) is 0.0476. The van der Waals surface area contributed by atoms with E-state index in [0.717, 1.165) is 11.1 Å². The van der Waals surface area contributed by atoms with Crippen LogP contribution in [-0.4, -0.2) is 39.9 Å². The van der Waals surface area contributed by atoms with Gasteiger partial charge in [0.1, 0.15) is 23.3 Å². The first kappa shape index (κ1) is 31.4. The number of imidazole rings is 1. The molecule has 1 atom stereocenters. The molecular weight excluding hydrogens is 694 g/mol. The molecule has 13 heteroatoms. The number of hydrogen-bond acceptors (Lipinski definition) is 6. The van der Waals surface area contributed by atoms with E-state index in [2.05, 4.69) is 43.5 Å². The monoisotopic (exact) mass is 722 g/mol. The number of nitrogens with one attached hydrogen (secondary N) is 4. The molecule has 0 saturated heterocycles. The molecule has 3 amide bonds. The Morgan fingerprint density at radius 2 is 1.79 bits per heavy atom. The number of halogens is 3. The van der Waals surface area contributed by atoms with Crippen LogP contribution in [-0.2, 0) is 22.4 Å². The number of H-pyrrole nitrogens is 1. The highest BCUT2D eigenvalue weighted by atomic mass is 127. The van der Waals surface area contributed by atoms with Crippen LogP contribution in [0.15, 0.2) is 72.8 Å². The van der Waals surface area contributed by atoms with Crippen molar-refractivity contribution >= 4 is 69.3 Å². The Kier molecular flexibility index (Phi) is 11.7. The average Bonchev–Trinajstić information content (AvgIpc) is 3.38. The number of nitrogens with two attached hydrogens (primary N) is 1. The molecule has 0 radical (unpaired) electrons. The van der Waals surface area contributed by atoms with Crippen molar-refractivity contribution in [2.45, 2.75) is 19.0 Å². The summed E-state index contributed by atoms with van der Waals surface area (Å²) in [5.41, 5.74) is 10.0. The van der Waals surface area contributed by atoms with Crippen LogP contribution in [0.2, 0.25) is 10.2 Å². The zero-order chi connectivity index (χ0) is 29.9. The Balaban J connectivity index is 1.46. The summed E-state index contributed by atoms with van der Waals surface area (Å²) in [6.07, 6.45) is -0.115. The minimum Gasteiger partial charge on any atom is -0.447 e. The van der Waals surface area contributed by atoms with E-state index in [1.165, 1.54) is 0 Å². The molecule has 1 heterocycles. The summed E-state index contributed by atoms with van der Waals surface area (Å²) in [7, 11) is 0. The molecule has 0 aliphatic heterocycles. The second-order valence-electron chi connectivity index (χ2n) is 9.05. The van der Waals surface area contributed by atoms with Gasteiger partial charge in [0.2, 0.25) is 0 Å². The lowest BCUT2D eigenvalue weighted by atomic mass is 10.1. The lowest BCUT2D eigenvalue weighted by molar-refractivity contribution is 0.104. The number of aromatic nitrogens is 2. The largest absolute Gasteiger partial charge is 0.447 e. The van der Waals surface area contributed by atoms with Crippen LogP contribution in [0.1, 0.15) is 23.0 Å². The molecule has 0 aliphatic rings. The summed E-state index contributed by atoms with van der Waals surface area (Å²) in [4.78, 5) is 32.8. The Morgan fingerprint density at radius 3 is 2.52 bits per heavy atom. The Hall–Kier alpha value is -3.52. The zero-order valence-electron chi connectivity index (χ0n) is 22.3. The predicted octanol–water partition coefficient (Wildman–Crippen LogP) is 6.71. The molecule has 0 bridgehead atoms. The number of carbonyl (C=O) groups excluding carboxylic acids is 2. The maximum Gasteiger partial charge on any atom is 0.411 e. The van der Waals surface area contributed by atoms with Gasteiger partial charge in [0.25, 0.3) is 0 Å². The van der Waals surface area contributed by atoms with Gasteiger partial charge < -0.3 is 30.8 Å². The van der Waals surface area contributed by atoms with Gasteiger partial charge in [-0.3, -0.25) is 5.32 Å². The second-order valence-corrected chi connectivity index (χ2v) is 10.5. The highest BCUT2D eigenvalue weighted by Crippen LogP contribution is 2.29. The van der Waals surface area contributed by atoms with E-state index in [1.54, 1.807) is 42.5 Å². The number of nitrogens with zero attached hydrogens (tertiary/aromatic N) is 1. The van der Waals surface area contributed by atoms with Crippen molar-refractivity contribution in [3.63, 3.8) is 0 Å². The van der Waals surface area contributed by atoms with Crippen LogP contribution in [0.25, 0.3) is 11.3 Å². The van der Waals surface area contributed by atoms with Gasteiger partial charge in [-0.2, -0.15) is 0 Å². The summed E-state index contributed by atoms with van der Waals surface area (Å²) in [5.74, 6) is 0.482. The molecule has 4 aromatic rings. The fourth-order valence-corrected chi connectivity index (χ4v) is 4.77. The first-order valence-corrected chi connectivity index (χ1v) is 15.2. The molecule has 0 fully saturated rings. The third-order valence-electron chi connectivity index (χ3n) is 6.08. The third-order valence-corrected chi connectivity index (χ3v) is 7.03. The summed E-state index contributed by atoms with van der Waals surface area (Å²) >= 11 is 14.7. The predicted molar refractivity (Wildman–Crippen MR) is 173 cm³/mol. The van der Waals surface area contributed by atoms with Crippen molar-refractivity contribution in [1.82, 2.24) is 20.6 Å². The molecule has 0 spiro atoms. The van der Waals surface area contributed by atoms with E-state index in [-0.39, 0.29) is 13.2 Å². The standard InChI is InChI=1S/C29H29Cl2IN6O4/c30-21-8-11-23(33)20(15-21)16-34-28(39)36-24(14-18-4-2-1-3-5-18)27-37-25(26(31)38-27)19-6-9-22(10-7-19)35-29(40)42-13-12-41-17-32/h1-11,15,24H,12-14,16-17,33H2,(H,35,40)(H,37,38)(H2,34,36,39)/t24-/m0/s1. The Morgan fingerprint density at radius 1 is 1.02 bits per heavy atom. The zero-order valence-corrected chi connectivity index (χ0v) is 26.0. The fraction of sp³-hybridized carbons (Fsp3) is 0.207. The molecular formula is C29H29Cl2IN6O4. The average molecular weight is 723 g/mol. The van der Waals surface area contributed by atoms with Crippen LogP contribution in [0, 0.1) is 0 Å². The van der Waals surface area contributed by atoms with Gasteiger partial charge in [-0.05, 0) is 47.9 Å². The number of hydrogen-bond donors (Lipinski definition) is 5. The number of nitrogen functional groups attached to an aromatic ring is 1. The molecule has 1 aromatic heterocycles. The number of rotatable bonds is 12. The third kappa shape index (κ3) is 9.24. The highest BCUT2D eigenvalue weighted by molar-refractivity contribution is 14.1. The number of anilines is 2. The van der Waals surface area contributed by atoms with Gasteiger partial charge in [0.15, 0.2) is 0 Å². The summed E-state index contributed by atoms with van der Waals surface area (Å²) in [6, 6.07) is 20.9. The normalized spacial score (nSPS) is 11.5. The number of aromatic amines is 1. The van der Waals surface area contributed by atoms with Gasteiger partial charge in [0, 0.05) is 28.5 Å². The molecule has 0 saturated carbocycles. The van der Waals surface area contributed by atoms with Gasteiger partial charge in [0.05, 0.1) is 17.3 Å². The lowest BCUT2D eigenvalue weighted by Gasteiger charge is -2.18. The van der Waals surface area contributed by atoms with Crippen LogP contribution in [0.4, 0.5) is 21.0 Å². The first-order chi connectivity index (χ1) is 20.3. The van der Waals surface area contributed by atoms with Crippen LogP contribution < -0.4 is 21.7 Å². The molecule has 10 nitrogen and oxygen atoms in total. The molecule has 3 aromatic carbocycles. The van der Waals surface area contributed by atoms with E-state index in [0.29, 0.717) is 56.3 Å². The molecule has 6 N–H and O–H groups in total. The van der Waals surface area contributed by atoms with E-state index >= 15 is 0 Å². The van der Waals surface area contributed by atoms with E-state index in [1.807, 2.05) is 30.3 Å². The molecule has 0 aliphatic carbocycles. The molecule has 220 valence electrons. The number of ether oxygens (including phenoxy) is 2. The van der Waals surface area contributed by atoms with Gasteiger partial charge in [-0.25, -0.2) is 14.6 Å². The van der Waals surface area contributed by atoms with Crippen molar-refractivity contribution in [2.75, 3.05) is 28.9 Å². The van der Waals surface area contributed by atoms with Crippen molar-refractivity contribution in [3.8, 4) is 11.3 Å². The SMILES string of the molecule is Nc1ccc(Cl)cc1CNC(=O)N[C@@H](Cc1ccccc1)c1nc(-c2ccc(NC(=O)OCCOCI)cc2)c(Cl)[nH]1. The second kappa shape index (κ2) is 15.6. The summed E-state index contributed by atoms with van der Waals surface area (Å²) < 4.78 is 10.7. The maximum absolute atomic E-state index is 12.9. The topological polar surface area (TPSA) is 143 Å². The minimum atomic E-state index is -0.578. The number of alkyl halides is 1. The fourth-order valence-electron chi connectivity index (χ4n) is 4.02. The number of carbonyl (C=O) groups is 2. The van der Waals surface area contributed by atoms with Crippen molar-refractivity contribution in [2.24, 2.45) is 0 Å². The maximum atomic E-state index is 12.9. The van der Waals surface area contributed by atoms with Crippen LogP contribution >= 0.6 is 45.8 Å². The van der Waals surface area contributed by atoms with Gasteiger partial charge in [-0.15, -0.1) is 0 Å². The lowest BCUT2D eigenvalue weighted by Crippen LogP contribution is -2.39. The Bertz CT molecular complexity index is 1490. The van der Waals surface area contributed by atoms with Crippen molar-refractivity contribution in [1.29, 1.82) is 0 Å². The molecule has 4 rings (SSSR count).